The molecule has 3 aromatic carbocycles. The van der Waals surface area contributed by atoms with Crippen molar-refractivity contribution in [1.29, 1.82) is 0 Å². The summed E-state index contributed by atoms with van der Waals surface area (Å²) in [7, 11) is 0. The van der Waals surface area contributed by atoms with E-state index in [1.807, 2.05) is 48.5 Å². The van der Waals surface area contributed by atoms with Crippen molar-refractivity contribution in [3.63, 3.8) is 0 Å². The molecule has 0 saturated carbocycles. The Labute approximate surface area is 217 Å². The normalized spacial score (nSPS) is 27.4. The Hall–Kier alpha value is -3.48. The van der Waals surface area contributed by atoms with Crippen LogP contribution in [-0.4, -0.2) is 34.9 Å². The van der Waals surface area contributed by atoms with Crippen molar-refractivity contribution >= 4 is 52.4 Å². The molecule has 3 amide bonds. The first-order chi connectivity index (χ1) is 17.2. The largest absolute Gasteiger partial charge is 0.325 e. The highest BCUT2D eigenvalue weighted by molar-refractivity contribution is 6.36. The number of halogens is 2. The minimum atomic E-state index is -1.29. The molecule has 0 unspecified atom stereocenters. The average Bonchev–Trinajstić information content (AvgIpc) is 3.13. The standard InChI is InChI=1S/C28H20Cl2N2O4/c1-15(33)16-7-6-8-17(13-16)31-22(34)14-32-25(35)23-24(26(32)36)28(30)19-10-3-2-9-18(19)27(23,29)20-11-4-5-12-21(20)28/h2-13,23-24H,14H2,1H3,(H,31,34)/t23-,24+,27?,28?. The fourth-order valence-electron chi connectivity index (χ4n) is 6.04. The molecule has 8 heteroatoms. The number of hydrogen-bond donors (Lipinski definition) is 1. The summed E-state index contributed by atoms with van der Waals surface area (Å²) in [6, 6.07) is 21.2. The number of ketones is 1. The van der Waals surface area contributed by atoms with Crippen molar-refractivity contribution in [3.8, 4) is 0 Å². The molecule has 1 fully saturated rings. The zero-order chi connectivity index (χ0) is 25.4. The van der Waals surface area contributed by atoms with Crippen LogP contribution in [0.4, 0.5) is 5.69 Å². The van der Waals surface area contributed by atoms with E-state index in [1.165, 1.54) is 6.92 Å². The SMILES string of the molecule is CC(=O)c1cccc(NC(=O)CN2C(=O)[C@@H]3[C@H](C2=O)C2(Cl)c4ccccc4C3(Cl)c3ccccc32)c1. The number of benzene rings is 3. The molecule has 6 nitrogen and oxygen atoms in total. The summed E-state index contributed by atoms with van der Waals surface area (Å²) in [6.07, 6.45) is 0. The molecule has 3 aromatic rings. The minimum absolute atomic E-state index is 0.144. The number of Topliss-reactive ketones (excluding diaryl/α,β-unsaturated/α-hetero) is 1. The van der Waals surface area contributed by atoms with Crippen molar-refractivity contribution in [3.05, 3.63) is 101 Å². The molecule has 2 bridgehead atoms. The number of anilines is 1. The number of carbonyl (C=O) groups excluding carboxylic acids is 4. The van der Waals surface area contributed by atoms with Gasteiger partial charge in [0.15, 0.2) is 5.78 Å². The third kappa shape index (κ3) is 2.85. The van der Waals surface area contributed by atoms with Gasteiger partial charge in [-0.3, -0.25) is 24.1 Å². The maximum absolute atomic E-state index is 13.8. The van der Waals surface area contributed by atoms with Gasteiger partial charge in [0.05, 0.1) is 11.8 Å². The second-order valence-corrected chi connectivity index (χ2v) is 10.6. The number of rotatable bonds is 4. The number of amides is 3. The molecule has 1 aliphatic heterocycles. The Morgan fingerprint density at radius 3 is 1.72 bits per heavy atom. The Morgan fingerprint density at radius 2 is 1.28 bits per heavy atom. The molecule has 1 heterocycles. The van der Waals surface area contributed by atoms with Gasteiger partial charge in [0.1, 0.15) is 16.3 Å². The summed E-state index contributed by atoms with van der Waals surface area (Å²) >= 11 is 14.7. The third-order valence-electron chi connectivity index (χ3n) is 7.53. The molecule has 4 aliphatic rings. The third-order valence-corrected chi connectivity index (χ3v) is 8.82. The van der Waals surface area contributed by atoms with E-state index >= 15 is 0 Å². The van der Waals surface area contributed by atoms with Gasteiger partial charge < -0.3 is 5.32 Å². The van der Waals surface area contributed by atoms with E-state index < -0.39 is 45.9 Å². The van der Waals surface area contributed by atoms with Gasteiger partial charge in [-0.15, -0.1) is 23.2 Å². The molecule has 0 spiro atoms. The Bertz CT molecular complexity index is 1380. The van der Waals surface area contributed by atoms with Crippen LogP contribution in [0, 0.1) is 11.8 Å². The lowest BCUT2D eigenvalue weighted by atomic mass is 9.54. The number of nitrogens with zero attached hydrogens (tertiary/aromatic N) is 1. The van der Waals surface area contributed by atoms with Crippen LogP contribution in [0.15, 0.2) is 72.8 Å². The molecular weight excluding hydrogens is 499 g/mol. The highest BCUT2D eigenvalue weighted by Gasteiger charge is 2.73. The minimum Gasteiger partial charge on any atom is -0.325 e. The summed E-state index contributed by atoms with van der Waals surface area (Å²) in [5.74, 6) is -3.67. The van der Waals surface area contributed by atoms with Crippen LogP contribution >= 0.6 is 23.2 Å². The lowest BCUT2D eigenvalue weighted by Gasteiger charge is -2.54. The van der Waals surface area contributed by atoms with E-state index in [9.17, 15) is 19.2 Å². The van der Waals surface area contributed by atoms with Gasteiger partial charge in [0, 0.05) is 11.3 Å². The predicted octanol–water partition coefficient (Wildman–Crippen LogP) is 4.42. The van der Waals surface area contributed by atoms with Crippen molar-refractivity contribution < 1.29 is 19.2 Å². The maximum atomic E-state index is 13.8. The van der Waals surface area contributed by atoms with Gasteiger partial charge in [-0.2, -0.15) is 0 Å². The average molecular weight is 519 g/mol. The van der Waals surface area contributed by atoms with Gasteiger partial charge >= 0.3 is 0 Å². The molecular formula is C28H20Cl2N2O4. The molecule has 1 N–H and O–H groups in total. The zero-order valence-corrected chi connectivity index (χ0v) is 20.6. The highest BCUT2D eigenvalue weighted by atomic mass is 35.5. The van der Waals surface area contributed by atoms with Crippen molar-refractivity contribution in [2.75, 3.05) is 11.9 Å². The van der Waals surface area contributed by atoms with E-state index in [4.69, 9.17) is 23.2 Å². The maximum Gasteiger partial charge on any atom is 0.244 e. The molecule has 3 aliphatic carbocycles. The zero-order valence-electron chi connectivity index (χ0n) is 19.1. The van der Waals surface area contributed by atoms with E-state index in [-0.39, 0.29) is 5.78 Å². The fourth-order valence-corrected chi connectivity index (χ4v) is 7.14. The fraction of sp³-hybridized carbons (Fsp3) is 0.214. The van der Waals surface area contributed by atoms with Crippen molar-refractivity contribution in [2.24, 2.45) is 11.8 Å². The van der Waals surface area contributed by atoms with Gasteiger partial charge in [-0.25, -0.2) is 0 Å². The summed E-state index contributed by atoms with van der Waals surface area (Å²) < 4.78 is 0. The van der Waals surface area contributed by atoms with Crippen LogP contribution in [0.5, 0.6) is 0 Å². The van der Waals surface area contributed by atoms with E-state index in [2.05, 4.69) is 5.32 Å². The Morgan fingerprint density at radius 1 is 0.806 bits per heavy atom. The molecule has 2 atom stereocenters. The van der Waals surface area contributed by atoms with E-state index in [1.54, 1.807) is 24.3 Å². The Balaban J connectivity index is 1.38. The molecule has 7 rings (SSSR count). The van der Waals surface area contributed by atoms with E-state index in [0.29, 0.717) is 33.5 Å². The monoisotopic (exact) mass is 518 g/mol. The molecule has 0 radical (unpaired) electrons. The summed E-state index contributed by atoms with van der Waals surface area (Å²) in [6.45, 7) is 0.945. The highest BCUT2D eigenvalue weighted by Crippen LogP contribution is 2.69. The smallest absolute Gasteiger partial charge is 0.244 e. The van der Waals surface area contributed by atoms with Crippen LogP contribution in [-0.2, 0) is 24.1 Å². The summed E-state index contributed by atoms with van der Waals surface area (Å²) in [4.78, 5) is 50.5. The van der Waals surface area contributed by atoms with Gasteiger partial charge in [0.2, 0.25) is 17.7 Å². The number of hydrogen-bond acceptors (Lipinski definition) is 4. The van der Waals surface area contributed by atoms with Crippen LogP contribution < -0.4 is 5.32 Å². The van der Waals surface area contributed by atoms with E-state index in [0.717, 1.165) is 4.90 Å². The topological polar surface area (TPSA) is 83.6 Å². The van der Waals surface area contributed by atoms with Crippen molar-refractivity contribution in [1.82, 2.24) is 4.90 Å². The first-order valence-electron chi connectivity index (χ1n) is 11.5. The second kappa shape index (κ2) is 7.76. The summed E-state index contributed by atoms with van der Waals surface area (Å²) in [5, 5.41) is 2.67. The number of alkyl halides is 2. The van der Waals surface area contributed by atoms with Gasteiger partial charge in [-0.05, 0) is 41.3 Å². The first-order valence-corrected chi connectivity index (χ1v) is 12.3. The summed E-state index contributed by atoms with van der Waals surface area (Å²) in [5.41, 5.74) is 3.65. The number of likely N-dealkylation sites (tertiary alicyclic amines) is 1. The van der Waals surface area contributed by atoms with Crippen LogP contribution in [0.25, 0.3) is 0 Å². The Kier molecular flexibility index (Phi) is 4.95. The lowest BCUT2D eigenvalue weighted by Crippen LogP contribution is -2.57. The predicted molar refractivity (Wildman–Crippen MR) is 135 cm³/mol. The molecule has 180 valence electrons. The van der Waals surface area contributed by atoms with Gasteiger partial charge in [0.25, 0.3) is 0 Å². The second-order valence-electron chi connectivity index (χ2n) is 9.42. The molecule has 0 aromatic heterocycles. The van der Waals surface area contributed by atoms with Crippen LogP contribution in [0.2, 0.25) is 0 Å². The molecule has 36 heavy (non-hydrogen) atoms. The lowest BCUT2D eigenvalue weighted by molar-refractivity contribution is -0.142. The molecule has 1 saturated heterocycles. The van der Waals surface area contributed by atoms with Gasteiger partial charge in [-0.1, -0.05) is 60.7 Å². The van der Waals surface area contributed by atoms with Crippen LogP contribution in [0.3, 0.4) is 0 Å². The number of carbonyl (C=O) groups is 4. The number of nitrogens with one attached hydrogen (secondary N) is 1. The first kappa shape index (κ1) is 23.0. The quantitative estimate of drug-likeness (QED) is 0.314. The number of imide groups is 1. The van der Waals surface area contributed by atoms with Crippen LogP contribution in [0.1, 0.15) is 39.5 Å². The van der Waals surface area contributed by atoms with Crippen molar-refractivity contribution in [2.45, 2.75) is 16.7 Å².